The number of nitrogens with one attached hydrogen (secondary N) is 1. The van der Waals surface area contributed by atoms with Gasteiger partial charge in [-0.05, 0) is 89.5 Å². The summed E-state index contributed by atoms with van der Waals surface area (Å²) in [7, 11) is 0.317. The summed E-state index contributed by atoms with van der Waals surface area (Å²) >= 11 is 0. The van der Waals surface area contributed by atoms with Crippen molar-refractivity contribution in [3.63, 3.8) is 0 Å². The Morgan fingerprint density at radius 3 is 2.28 bits per heavy atom. The number of rotatable bonds is 8. The minimum absolute atomic E-state index is 0.0635. The molecule has 1 aliphatic heterocycles. The molecular formula is C26H43N5O7S. The van der Waals surface area contributed by atoms with Gasteiger partial charge in [-0.1, -0.05) is 0 Å². The average Bonchev–Trinajstić information content (AvgIpc) is 2.83. The SMILES string of the molecule is COc1cc(C)c(S(=O)(=O)/N=C(\N)N2CCC(C[C@H](NC(=O)OC(C)(C)C)C(=O)N(C)OC)CC2)c(C)c1C. The number of likely N-dealkylation sites (N-methyl/N-ethyl adjacent to an activating group) is 1. The minimum atomic E-state index is -4.06. The Morgan fingerprint density at radius 2 is 1.77 bits per heavy atom. The Kier molecular flexibility index (Phi) is 10.6. The molecule has 0 saturated carbocycles. The van der Waals surface area contributed by atoms with E-state index in [-0.39, 0.29) is 16.8 Å². The fourth-order valence-corrected chi connectivity index (χ4v) is 6.03. The highest BCUT2D eigenvalue weighted by Crippen LogP contribution is 2.32. The van der Waals surface area contributed by atoms with Crippen LogP contribution in [0.25, 0.3) is 0 Å². The number of ether oxygens (including phenoxy) is 2. The Balaban J connectivity index is 2.14. The van der Waals surface area contributed by atoms with Crippen molar-refractivity contribution in [1.29, 1.82) is 0 Å². The van der Waals surface area contributed by atoms with Gasteiger partial charge < -0.3 is 25.4 Å². The van der Waals surface area contributed by atoms with Gasteiger partial charge in [-0.2, -0.15) is 8.42 Å². The molecule has 0 spiro atoms. The summed E-state index contributed by atoms with van der Waals surface area (Å²) in [5, 5.41) is 3.73. The molecule has 0 aromatic heterocycles. The van der Waals surface area contributed by atoms with E-state index in [1.807, 2.05) is 0 Å². The molecule has 0 bridgehead atoms. The first kappa shape index (κ1) is 32.2. The standard InChI is InChI=1S/C26H43N5O7S/c1-16-14-21(36-8)17(2)18(3)22(16)39(34,35)29-24(27)31-12-10-19(11-13-31)15-20(23(32)30(7)37-9)28-25(33)38-26(4,5)6/h14,19-20H,10-13,15H2,1-9H3,(H2,27,29)(H,28,33)/t20-/m0/s1. The summed E-state index contributed by atoms with van der Waals surface area (Å²) in [5.41, 5.74) is 7.27. The highest BCUT2D eigenvalue weighted by atomic mass is 32.2. The van der Waals surface area contributed by atoms with Crippen LogP contribution in [-0.2, 0) is 24.4 Å². The third kappa shape index (κ3) is 8.46. The quantitative estimate of drug-likeness (QED) is 0.273. The topological polar surface area (TPSA) is 153 Å². The summed E-state index contributed by atoms with van der Waals surface area (Å²) in [5.74, 6) is 0.184. The fraction of sp³-hybridized carbons (Fsp3) is 0.654. The van der Waals surface area contributed by atoms with E-state index >= 15 is 0 Å². The number of hydrogen-bond donors (Lipinski definition) is 2. The van der Waals surface area contributed by atoms with Crippen molar-refractivity contribution in [1.82, 2.24) is 15.3 Å². The third-order valence-electron chi connectivity index (χ3n) is 6.75. The van der Waals surface area contributed by atoms with Gasteiger partial charge in [0.15, 0.2) is 0 Å². The first-order valence-electron chi connectivity index (χ1n) is 12.8. The molecule has 0 radical (unpaired) electrons. The summed E-state index contributed by atoms with van der Waals surface area (Å²) in [6.07, 6.45) is 0.904. The number of guanidine groups is 1. The first-order chi connectivity index (χ1) is 18.0. The number of hydroxylamine groups is 2. The summed E-state index contributed by atoms with van der Waals surface area (Å²) in [4.78, 5) is 32.1. The molecule has 3 N–H and O–H groups in total. The van der Waals surface area contributed by atoms with Gasteiger partial charge in [-0.15, -0.1) is 4.40 Å². The number of amides is 2. The number of carbonyl (C=O) groups excluding carboxylic acids is 2. The van der Waals surface area contributed by atoms with Crippen LogP contribution >= 0.6 is 0 Å². The zero-order chi connectivity index (χ0) is 29.7. The number of alkyl carbamates (subject to hydrolysis) is 1. The van der Waals surface area contributed by atoms with Crippen LogP contribution in [0.4, 0.5) is 4.79 Å². The molecule has 1 aromatic rings. The highest BCUT2D eigenvalue weighted by molar-refractivity contribution is 7.90. The van der Waals surface area contributed by atoms with Gasteiger partial charge in [0.25, 0.3) is 15.9 Å². The second-order valence-electron chi connectivity index (χ2n) is 10.8. The lowest BCUT2D eigenvalue weighted by atomic mass is 9.90. The van der Waals surface area contributed by atoms with Crippen molar-refractivity contribution in [3.8, 4) is 5.75 Å². The maximum atomic E-state index is 13.2. The van der Waals surface area contributed by atoms with Gasteiger partial charge >= 0.3 is 6.09 Å². The lowest BCUT2D eigenvalue weighted by Crippen LogP contribution is -2.50. The monoisotopic (exact) mass is 569 g/mol. The normalized spacial score (nSPS) is 16.0. The van der Waals surface area contributed by atoms with Gasteiger partial charge in [0, 0.05) is 20.1 Å². The maximum absolute atomic E-state index is 13.2. The van der Waals surface area contributed by atoms with Crippen LogP contribution < -0.4 is 15.8 Å². The predicted octanol–water partition coefficient (Wildman–Crippen LogP) is 2.64. The van der Waals surface area contributed by atoms with Crippen LogP contribution in [0.15, 0.2) is 15.4 Å². The molecular weight excluding hydrogens is 526 g/mol. The Hall–Kier alpha value is -3.06. The van der Waals surface area contributed by atoms with E-state index < -0.39 is 33.7 Å². The molecule has 0 unspecified atom stereocenters. The van der Waals surface area contributed by atoms with Crippen molar-refractivity contribution in [2.24, 2.45) is 16.0 Å². The third-order valence-corrected chi connectivity index (χ3v) is 8.32. The van der Waals surface area contributed by atoms with Gasteiger partial charge in [-0.25, -0.2) is 9.86 Å². The molecule has 12 nitrogen and oxygen atoms in total. The smallest absolute Gasteiger partial charge is 0.408 e. The number of benzene rings is 1. The first-order valence-corrected chi connectivity index (χ1v) is 14.3. The molecule has 13 heteroatoms. The fourth-order valence-electron chi connectivity index (χ4n) is 4.57. The van der Waals surface area contributed by atoms with Crippen LogP contribution in [-0.4, -0.2) is 82.3 Å². The van der Waals surface area contributed by atoms with E-state index in [2.05, 4.69) is 9.71 Å². The number of hydrogen-bond acceptors (Lipinski definition) is 7. The van der Waals surface area contributed by atoms with Gasteiger partial charge in [0.05, 0.1) is 19.1 Å². The van der Waals surface area contributed by atoms with E-state index in [1.165, 1.54) is 21.3 Å². The molecule has 1 saturated heterocycles. The number of nitrogens with two attached hydrogens (primary N) is 1. The van der Waals surface area contributed by atoms with E-state index in [4.69, 9.17) is 20.0 Å². The van der Waals surface area contributed by atoms with Crippen molar-refractivity contribution in [3.05, 3.63) is 22.8 Å². The molecule has 1 fully saturated rings. The lowest BCUT2D eigenvalue weighted by molar-refractivity contribution is -0.171. The Labute approximate surface area is 231 Å². The second-order valence-corrected chi connectivity index (χ2v) is 12.3. The van der Waals surface area contributed by atoms with Crippen LogP contribution in [0.2, 0.25) is 0 Å². The van der Waals surface area contributed by atoms with Gasteiger partial charge in [-0.3, -0.25) is 9.63 Å². The average molecular weight is 570 g/mol. The number of carbonyl (C=O) groups is 2. The Morgan fingerprint density at radius 1 is 1.18 bits per heavy atom. The molecule has 1 heterocycles. The summed E-state index contributed by atoms with van der Waals surface area (Å²) in [6.45, 7) is 11.3. The van der Waals surface area contributed by atoms with Gasteiger partial charge in [0.1, 0.15) is 17.4 Å². The molecule has 220 valence electrons. The molecule has 0 aliphatic carbocycles. The van der Waals surface area contributed by atoms with Crippen molar-refractivity contribution in [2.45, 2.75) is 77.3 Å². The molecule has 1 atom stereocenters. The number of nitrogens with zero attached hydrogens (tertiary/aromatic N) is 3. The molecule has 1 aromatic carbocycles. The number of piperidine rings is 1. The van der Waals surface area contributed by atoms with Crippen molar-refractivity contribution >= 4 is 28.0 Å². The minimum Gasteiger partial charge on any atom is -0.496 e. The number of sulfonamides is 1. The maximum Gasteiger partial charge on any atom is 0.408 e. The van der Waals surface area contributed by atoms with Crippen molar-refractivity contribution in [2.75, 3.05) is 34.4 Å². The van der Waals surface area contributed by atoms with Crippen LogP contribution in [0, 0.1) is 26.7 Å². The Bertz CT molecular complexity index is 1190. The van der Waals surface area contributed by atoms with E-state index in [0.29, 0.717) is 49.2 Å². The molecule has 39 heavy (non-hydrogen) atoms. The van der Waals surface area contributed by atoms with Crippen LogP contribution in [0.3, 0.4) is 0 Å². The van der Waals surface area contributed by atoms with E-state index in [9.17, 15) is 18.0 Å². The van der Waals surface area contributed by atoms with Crippen molar-refractivity contribution < 1.29 is 32.3 Å². The zero-order valence-electron chi connectivity index (χ0n) is 24.5. The van der Waals surface area contributed by atoms with Gasteiger partial charge in [0.2, 0.25) is 5.96 Å². The lowest BCUT2D eigenvalue weighted by Gasteiger charge is -2.34. The summed E-state index contributed by atoms with van der Waals surface area (Å²) < 4.78 is 41.0. The predicted molar refractivity (Wildman–Crippen MR) is 148 cm³/mol. The molecule has 1 aliphatic rings. The highest BCUT2D eigenvalue weighted by Gasteiger charge is 2.32. The molecule has 2 amide bonds. The largest absolute Gasteiger partial charge is 0.496 e. The number of likely N-dealkylation sites (tertiary alicyclic amines) is 1. The summed E-state index contributed by atoms with van der Waals surface area (Å²) in [6, 6.07) is 0.827. The second kappa shape index (κ2) is 12.9. The number of aryl methyl sites for hydroxylation is 1. The molecule has 2 rings (SSSR count). The van der Waals surface area contributed by atoms with Crippen LogP contribution in [0.5, 0.6) is 5.75 Å². The van der Waals surface area contributed by atoms with E-state index in [1.54, 1.807) is 52.5 Å². The van der Waals surface area contributed by atoms with E-state index in [0.717, 1.165) is 10.6 Å². The zero-order valence-corrected chi connectivity index (χ0v) is 25.3. The number of methoxy groups -OCH3 is 1. The van der Waals surface area contributed by atoms with Crippen LogP contribution in [0.1, 0.15) is 56.7 Å².